The molecule has 4 rings (SSSR count). The van der Waals surface area contributed by atoms with Gasteiger partial charge in [-0.15, -0.1) is 0 Å². The number of benzene rings is 2. The quantitative estimate of drug-likeness (QED) is 0.703. The summed E-state index contributed by atoms with van der Waals surface area (Å²) in [6.07, 6.45) is 0. The van der Waals surface area contributed by atoms with E-state index in [0.29, 0.717) is 11.3 Å². The van der Waals surface area contributed by atoms with Gasteiger partial charge in [-0.3, -0.25) is 9.69 Å². The van der Waals surface area contributed by atoms with Crippen LogP contribution in [0.25, 0.3) is 11.0 Å². The third-order valence-electron chi connectivity index (χ3n) is 4.86. The summed E-state index contributed by atoms with van der Waals surface area (Å²) in [7, 11) is 0. The average Bonchev–Trinajstić information content (AvgIpc) is 3.19. The molecular weight excluding hydrogens is 344 g/mol. The van der Waals surface area contributed by atoms with Crippen LogP contribution in [-0.2, 0) is 10.3 Å². The van der Waals surface area contributed by atoms with E-state index in [9.17, 15) is 9.59 Å². The van der Waals surface area contributed by atoms with Crippen molar-refractivity contribution in [3.05, 3.63) is 65.9 Å². The van der Waals surface area contributed by atoms with Crippen molar-refractivity contribution in [1.29, 1.82) is 0 Å². The molecular formula is C21H20N2O4. The van der Waals surface area contributed by atoms with Crippen LogP contribution in [0.15, 0.2) is 59.0 Å². The fourth-order valence-electron chi connectivity index (χ4n) is 3.26. The molecule has 1 aliphatic rings. The molecule has 3 aromatic rings. The number of hydrogen-bond donors (Lipinski definition) is 1. The molecule has 1 atom stereocenters. The maximum atomic E-state index is 13.0. The number of nitrogens with zero attached hydrogens (tertiary/aromatic N) is 1. The number of furan rings is 1. The summed E-state index contributed by atoms with van der Waals surface area (Å²) in [5.74, 6) is 0.814. The predicted molar refractivity (Wildman–Crippen MR) is 100 cm³/mol. The summed E-state index contributed by atoms with van der Waals surface area (Å²) >= 11 is 0. The minimum absolute atomic E-state index is 0.162. The first-order valence-corrected chi connectivity index (χ1v) is 8.80. The van der Waals surface area contributed by atoms with Gasteiger partial charge in [-0.1, -0.05) is 36.4 Å². The third kappa shape index (κ3) is 2.93. The Hall–Kier alpha value is -3.28. The van der Waals surface area contributed by atoms with Gasteiger partial charge in [-0.05, 0) is 37.6 Å². The third-order valence-corrected chi connectivity index (χ3v) is 4.86. The summed E-state index contributed by atoms with van der Waals surface area (Å²) in [6, 6.07) is 16.5. The van der Waals surface area contributed by atoms with Crippen LogP contribution in [0.4, 0.5) is 4.79 Å². The monoisotopic (exact) mass is 364 g/mol. The molecule has 138 valence electrons. The molecule has 0 spiro atoms. The number of urea groups is 1. The second-order valence-electron chi connectivity index (χ2n) is 6.77. The van der Waals surface area contributed by atoms with Gasteiger partial charge in [0.2, 0.25) is 0 Å². The van der Waals surface area contributed by atoms with Crippen LogP contribution in [0, 0.1) is 6.92 Å². The minimum Gasteiger partial charge on any atom is -0.491 e. The van der Waals surface area contributed by atoms with E-state index in [0.717, 1.165) is 16.7 Å². The summed E-state index contributed by atoms with van der Waals surface area (Å²) in [5, 5.41) is 3.64. The Labute approximate surface area is 156 Å². The van der Waals surface area contributed by atoms with Gasteiger partial charge in [0.05, 0.1) is 6.54 Å². The van der Waals surface area contributed by atoms with Crippen molar-refractivity contribution in [2.75, 3.05) is 13.2 Å². The lowest BCUT2D eigenvalue weighted by Gasteiger charge is -2.19. The first kappa shape index (κ1) is 17.1. The summed E-state index contributed by atoms with van der Waals surface area (Å²) in [4.78, 5) is 26.5. The Balaban J connectivity index is 1.50. The van der Waals surface area contributed by atoms with Crippen LogP contribution in [0.3, 0.4) is 0 Å². The molecule has 1 unspecified atom stereocenters. The summed E-state index contributed by atoms with van der Waals surface area (Å²) in [5.41, 5.74) is 0.456. The van der Waals surface area contributed by atoms with Gasteiger partial charge in [-0.2, -0.15) is 0 Å². The Morgan fingerprint density at radius 2 is 1.85 bits per heavy atom. The minimum atomic E-state index is -1.22. The fraction of sp³-hybridized carbons (Fsp3) is 0.238. The summed E-state index contributed by atoms with van der Waals surface area (Å²) < 4.78 is 11.5. The zero-order valence-corrected chi connectivity index (χ0v) is 15.2. The topological polar surface area (TPSA) is 71.8 Å². The highest BCUT2D eigenvalue weighted by atomic mass is 16.5. The average molecular weight is 364 g/mol. The van der Waals surface area contributed by atoms with Crippen molar-refractivity contribution >= 4 is 22.9 Å². The first-order valence-electron chi connectivity index (χ1n) is 8.80. The Bertz CT molecular complexity index is 993. The maximum absolute atomic E-state index is 13.0. The van der Waals surface area contributed by atoms with Crippen molar-refractivity contribution in [3.8, 4) is 5.75 Å². The van der Waals surface area contributed by atoms with E-state index in [1.165, 1.54) is 4.90 Å². The second-order valence-corrected chi connectivity index (χ2v) is 6.77. The number of fused-ring (bicyclic) bond motifs is 1. The number of carbonyl (C=O) groups excluding carboxylic acids is 2. The van der Waals surface area contributed by atoms with Gasteiger partial charge < -0.3 is 14.5 Å². The van der Waals surface area contributed by atoms with Crippen LogP contribution >= 0.6 is 0 Å². The number of imide groups is 1. The van der Waals surface area contributed by atoms with Gasteiger partial charge >= 0.3 is 6.03 Å². The molecule has 27 heavy (non-hydrogen) atoms. The van der Waals surface area contributed by atoms with Crippen LogP contribution in [0.1, 0.15) is 18.2 Å². The highest BCUT2D eigenvalue weighted by Gasteiger charge is 2.51. The number of aryl methyl sites for hydroxylation is 1. The number of rotatable bonds is 5. The molecule has 2 aromatic carbocycles. The Kier molecular flexibility index (Phi) is 4.11. The van der Waals surface area contributed by atoms with Crippen molar-refractivity contribution in [2.24, 2.45) is 0 Å². The molecule has 6 heteroatoms. The van der Waals surface area contributed by atoms with Gasteiger partial charge in [0.15, 0.2) is 5.54 Å². The van der Waals surface area contributed by atoms with Gasteiger partial charge in [0.25, 0.3) is 5.91 Å². The lowest BCUT2D eigenvalue weighted by atomic mass is 9.99. The number of nitrogens with one attached hydrogen (secondary N) is 1. The van der Waals surface area contributed by atoms with Crippen molar-refractivity contribution in [2.45, 2.75) is 19.4 Å². The van der Waals surface area contributed by atoms with Crippen LogP contribution in [0.2, 0.25) is 0 Å². The molecule has 1 saturated heterocycles. The molecule has 6 nitrogen and oxygen atoms in total. The lowest BCUT2D eigenvalue weighted by Crippen LogP contribution is -2.41. The molecule has 1 N–H and O–H groups in total. The molecule has 3 amide bonds. The van der Waals surface area contributed by atoms with Crippen LogP contribution < -0.4 is 10.1 Å². The zero-order chi connectivity index (χ0) is 19.0. The number of amides is 3. The number of para-hydroxylation sites is 2. The number of ether oxygens (including phenoxy) is 1. The van der Waals surface area contributed by atoms with E-state index in [4.69, 9.17) is 9.15 Å². The largest absolute Gasteiger partial charge is 0.491 e. The highest BCUT2D eigenvalue weighted by molar-refractivity contribution is 6.07. The smallest absolute Gasteiger partial charge is 0.325 e. The van der Waals surface area contributed by atoms with E-state index >= 15 is 0 Å². The van der Waals surface area contributed by atoms with E-state index in [1.54, 1.807) is 13.0 Å². The molecule has 0 radical (unpaired) electrons. The number of carbonyl (C=O) groups is 2. The van der Waals surface area contributed by atoms with Gasteiger partial charge in [0.1, 0.15) is 23.7 Å². The van der Waals surface area contributed by atoms with Gasteiger partial charge in [0, 0.05) is 5.39 Å². The molecule has 1 aromatic heterocycles. The second kappa shape index (κ2) is 6.46. The van der Waals surface area contributed by atoms with E-state index in [2.05, 4.69) is 5.32 Å². The normalized spacial score (nSPS) is 19.6. The SMILES string of the molecule is Cc1ccccc1OCCN1C(=O)NC(C)(c2cc3ccccc3o2)C1=O. The fourth-order valence-corrected chi connectivity index (χ4v) is 3.26. The predicted octanol–water partition coefficient (Wildman–Crippen LogP) is 3.59. The van der Waals surface area contributed by atoms with Gasteiger partial charge in [-0.25, -0.2) is 4.79 Å². The Morgan fingerprint density at radius 3 is 2.63 bits per heavy atom. The van der Waals surface area contributed by atoms with Crippen LogP contribution in [-0.4, -0.2) is 30.0 Å². The zero-order valence-electron chi connectivity index (χ0n) is 15.2. The highest BCUT2D eigenvalue weighted by Crippen LogP contribution is 2.33. The van der Waals surface area contributed by atoms with Crippen LogP contribution in [0.5, 0.6) is 5.75 Å². The molecule has 1 aliphatic heterocycles. The van der Waals surface area contributed by atoms with Crippen molar-refractivity contribution < 1.29 is 18.7 Å². The standard InChI is InChI=1S/C21H20N2O4/c1-14-7-3-5-9-16(14)26-12-11-23-19(24)21(2,22-20(23)25)18-13-15-8-4-6-10-17(15)27-18/h3-10,13H,11-12H2,1-2H3,(H,22,25). The summed E-state index contributed by atoms with van der Waals surface area (Å²) in [6.45, 7) is 3.99. The maximum Gasteiger partial charge on any atom is 0.325 e. The van der Waals surface area contributed by atoms with Crippen molar-refractivity contribution in [1.82, 2.24) is 10.2 Å². The lowest BCUT2D eigenvalue weighted by molar-refractivity contribution is -0.131. The first-order chi connectivity index (χ1) is 13.0. The molecule has 2 heterocycles. The van der Waals surface area contributed by atoms with Crippen molar-refractivity contribution in [3.63, 3.8) is 0 Å². The molecule has 0 bridgehead atoms. The number of hydrogen-bond acceptors (Lipinski definition) is 4. The Morgan fingerprint density at radius 1 is 1.11 bits per heavy atom. The van der Waals surface area contributed by atoms with E-state index in [-0.39, 0.29) is 19.1 Å². The molecule has 0 aliphatic carbocycles. The molecule has 1 fully saturated rings. The van der Waals surface area contributed by atoms with E-state index in [1.807, 2.05) is 55.5 Å². The van der Waals surface area contributed by atoms with E-state index < -0.39 is 11.6 Å². The molecule has 0 saturated carbocycles.